The summed E-state index contributed by atoms with van der Waals surface area (Å²) in [6.45, 7) is 7.76. The molecule has 0 aliphatic heterocycles. The van der Waals surface area contributed by atoms with E-state index in [-0.39, 0.29) is 6.03 Å². The van der Waals surface area contributed by atoms with Crippen molar-refractivity contribution in [2.24, 2.45) is 29.6 Å². The maximum atomic E-state index is 12.8. The number of benzene rings is 2. The van der Waals surface area contributed by atoms with E-state index in [1.165, 1.54) is 32.1 Å². The summed E-state index contributed by atoms with van der Waals surface area (Å²) in [5.41, 5.74) is 4.29. The van der Waals surface area contributed by atoms with Gasteiger partial charge in [0.2, 0.25) is 0 Å². The van der Waals surface area contributed by atoms with Crippen LogP contribution in [0.2, 0.25) is 15.1 Å². The predicted molar refractivity (Wildman–Crippen MR) is 166 cm³/mol. The molecular formula is C32H39Cl3N4O. The molecule has 1 aromatic heterocycles. The van der Waals surface area contributed by atoms with Gasteiger partial charge in [-0.2, -0.15) is 5.10 Å². The first-order valence-electron chi connectivity index (χ1n) is 14.5. The van der Waals surface area contributed by atoms with Crippen LogP contribution in [-0.4, -0.2) is 22.4 Å². The monoisotopic (exact) mass is 600 g/mol. The van der Waals surface area contributed by atoms with Crippen LogP contribution in [0.25, 0.3) is 16.9 Å². The molecule has 5 atom stereocenters. The third-order valence-electron chi connectivity index (χ3n) is 9.10. The Morgan fingerprint density at radius 1 is 1.00 bits per heavy atom. The second kappa shape index (κ2) is 12.8. The van der Waals surface area contributed by atoms with E-state index in [9.17, 15) is 4.79 Å². The highest BCUT2D eigenvalue weighted by Crippen LogP contribution is 2.50. The highest BCUT2D eigenvalue weighted by Gasteiger charge is 2.40. The van der Waals surface area contributed by atoms with E-state index in [1.807, 2.05) is 41.9 Å². The van der Waals surface area contributed by atoms with Gasteiger partial charge in [0.1, 0.15) is 0 Å². The summed E-state index contributed by atoms with van der Waals surface area (Å²) in [5, 5.41) is 12.7. The molecule has 0 spiro atoms. The molecule has 5 unspecified atom stereocenters. The van der Waals surface area contributed by atoms with Crippen molar-refractivity contribution >= 4 is 40.8 Å². The summed E-state index contributed by atoms with van der Waals surface area (Å²) in [5.74, 6) is 4.07. The van der Waals surface area contributed by atoms with Crippen LogP contribution < -0.4 is 10.6 Å². The lowest BCUT2D eigenvalue weighted by Gasteiger charge is -2.47. The lowest BCUT2D eigenvalue weighted by atomic mass is 9.58. The Balaban J connectivity index is 1.26. The molecule has 3 aromatic rings. The van der Waals surface area contributed by atoms with Gasteiger partial charge in [0, 0.05) is 27.7 Å². The van der Waals surface area contributed by atoms with Gasteiger partial charge in [-0.3, -0.25) is 0 Å². The lowest BCUT2D eigenvalue weighted by molar-refractivity contribution is 0.0331. The molecule has 2 aliphatic carbocycles. The van der Waals surface area contributed by atoms with Gasteiger partial charge in [-0.25, -0.2) is 9.48 Å². The van der Waals surface area contributed by atoms with Gasteiger partial charge in [-0.1, -0.05) is 67.2 Å². The van der Waals surface area contributed by atoms with Crippen LogP contribution in [0.5, 0.6) is 0 Å². The van der Waals surface area contributed by atoms with Crippen molar-refractivity contribution in [1.29, 1.82) is 0 Å². The van der Waals surface area contributed by atoms with E-state index in [0.717, 1.165) is 52.6 Å². The van der Waals surface area contributed by atoms with Crippen LogP contribution in [0.3, 0.4) is 0 Å². The molecule has 40 heavy (non-hydrogen) atoms. The first-order chi connectivity index (χ1) is 19.2. The number of carbonyl (C=O) groups excluding carboxylic acids is 1. The molecule has 2 aromatic carbocycles. The van der Waals surface area contributed by atoms with E-state index in [1.54, 1.807) is 12.1 Å². The highest BCUT2D eigenvalue weighted by atomic mass is 35.5. The molecule has 2 aliphatic rings. The first-order valence-corrected chi connectivity index (χ1v) is 15.7. The van der Waals surface area contributed by atoms with Gasteiger partial charge in [0.25, 0.3) is 0 Å². The molecule has 2 saturated carbocycles. The fourth-order valence-corrected chi connectivity index (χ4v) is 7.95. The number of urea groups is 1. The molecule has 2 bridgehead atoms. The topological polar surface area (TPSA) is 59.0 Å². The molecule has 214 valence electrons. The number of fused-ring (bicyclic) bond motifs is 2. The second-order valence-corrected chi connectivity index (χ2v) is 13.1. The largest absolute Gasteiger partial charge is 0.338 e. The fourth-order valence-electron chi connectivity index (χ4n) is 7.34. The van der Waals surface area contributed by atoms with Crippen molar-refractivity contribution in [3.63, 3.8) is 0 Å². The number of nitrogens with one attached hydrogen (secondary N) is 2. The van der Waals surface area contributed by atoms with Crippen LogP contribution in [0.15, 0.2) is 42.5 Å². The molecule has 1 heterocycles. The molecule has 0 saturated heterocycles. The van der Waals surface area contributed by atoms with Crippen molar-refractivity contribution in [2.45, 2.75) is 65.8 Å². The summed E-state index contributed by atoms with van der Waals surface area (Å²) in [4.78, 5) is 12.8. The zero-order chi connectivity index (χ0) is 28.4. The maximum absolute atomic E-state index is 12.8. The zero-order valence-electron chi connectivity index (χ0n) is 23.5. The van der Waals surface area contributed by atoms with Crippen LogP contribution in [0.1, 0.15) is 63.6 Å². The third-order valence-corrected chi connectivity index (χ3v) is 9.89. The van der Waals surface area contributed by atoms with Gasteiger partial charge < -0.3 is 10.6 Å². The Bertz CT molecular complexity index is 1340. The molecule has 0 radical (unpaired) electrons. The molecule has 2 N–H and O–H groups in total. The number of hydrogen-bond donors (Lipinski definition) is 2. The van der Waals surface area contributed by atoms with Crippen molar-refractivity contribution < 1.29 is 4.79 Å². The van der Waals surface area contributed by atoms with E-state index in [4.69, 9.17) is 39.9 Å². The number of nitrogens with zero attached hydrogens (tertiary/aromatic N) is 2. The van der Waals surface area contributed by atoms with Gasteiger partial charge in [-0.15, -0.1) is 0 Å². The average Bonchev–Trinajstić information content (AvgIpc) is 3.24. The number of rotatable bonds is 8. The molecule has 5 rings (SSSR count). The first kappa shape index (κ1) is 29.3. The molecular weight excluding hydrogens is 563 g/mol. The summed E-state index contributed by atoms with van der Waals surface area (Å²) < 4.78 is 1.82. The molecule has 2 amide bonds. The number of halogens is 3. The zero-order valence-corrected chi connectivity index (χ0v) is 25.8. The van der Waals surface area contributed by atoms with Crippen molar-refractivity contribution in [1.82, 2.24) is 20.4 Å². The quantitative estimate of drug-likeness (QED) is 0.270. The van der Waals surface area contributed by atoms with Crippen molar-refractivity contribution in [3.8, 4) is 16.9 Å². The van der Waals surface area contributed by atoms with E-state index in [2.05, 4.69) is 24.5 Å². The number of carbonyl (C=O) groups is 1. The maximum Gasteiger partial charge on any atom is 0.315 e. The Labute approximate surface area is 253 Å². The van der Waals surface area contributed by atoms with Crippen LogP contribution >= 0.6 is 34.8 Å². The predicted octanol–water partition coefficient (Wildman–Crippen LogP) is 9.10. The number of hydrogen-bond acceptors (Lipinski definition) is 2. The van der Waals surface area contributed by atoms with Crippen LogP contribution in [0.4, 0.5) is 4.79 Å². The third kappa shape index (κ3) is 6.48. The van der Waals surface area contributed by atoms with Crippen LogP contribution in [-0.2, 0) is 6.54 Å². The van der Waals surface area contributed by atoms with E-state index < -0.39 is 0 Å². The van der Waals surface area contributed by atoms with Crippen molar-refractivity contribution in [2.75, 3.05) is 6.54 Å². The van der Waals surface area contributed by atoms with Gasteiger partial charge >= 0.3 is 6.03 Å². The Morgan fingerprint density at radius 3 is 2.48 bits per heavy atom. The summed E-state index contributed by atoms with van der Waals surface area (Å²) in [6.07, 6.45) is 7.79. The Hall–Kier alpha value is -2.21. The van der Waals surface area contributed by atoms with Crippen LogP contribution in [0, 0.1) is 36.5 Å². The van der Waals surface area contributed by atoms with Gasteiger partial charge in [-0.05, 0) is 98.9 Å². The summed E-state index contributed by atoms with van der Waals surface area (Å²) in [6, 6.07) is 12.8. The Kier molecular flexibility index (Phi) is 9.34. The van der Waals surface area contributed by atoms with E-state index in [0.29, 0.717) is 39.8 Å². The summed E-state index contributed by atoms with van der Waals surface area (Å²) in [7, 11) is 0. The smallest absolute Gasteiger partial charge is 0.315 e. The minimum Gasteiger partial charge on any atom is -0.338 e. The fraction of sp³-hybridized carbons (Fsp3) is 0.500. The Morgan fingerprint density at radius 2 is 1.75 bits per heavy atom. The summed E-state index contributed by atoms with van der Waals surface area (Å²) >= 11 is 18.9. The number of amides is 2. The van der Waals surface area contributed by atoms with E-state index >= 15 is 0 Å². The van der Waals surface area contributed by atoms with Gasteiger partial charge in [0.15, 0.2) is 0 Å². The minimum absolute atomic E-state index is 0.162. The minimum atomic E-state index is -0.162. The second-order valence-electron chi connectivity index (χ2n) is 11.8. The molecule has 8 heteroatoms. The van der Waals surface area contributed by atoms with Crippen molar-refractivity contribution in [3.05, 3.63) is 68.8 Å². The normalized spacial score (nSPS) is 24.1. The average molecular weight is 602 g/mol. The van der Waals surface area contributed by atoms with Gasteiger partial charge in [0.05, 0.1) is 28.6 Å². The molecule has 5 nitrogen and oxygen atoms in total. The number of aromatic nitrogens is 2. The molecule has 2 fully saturated rings. The highest BCUT2D eigenvalue weighted by molar-refractivity contribution is 6.35. The standard InChI is InChI=1S/C32H39Cl3N4O/c1-4-22-15-21-13-19(2)14-24(16-21)27(22)11-12-36-32(40)37-18-29-20(3)31(23-5-7-25(33)8-6-23)39(38-29)30-10-9-26(34)17-28(30)35/h5-10,17,19,21-22,24,27H,4,11-16,18H2,1-3H3,(H2,36,37,40). The SMILES string of the molecule is CCC1CC2CC(C)CC(C2)C1CCNC(=O)NCc1nn(-c2ccc(Cl)cc2Cl)c(-c2ccc(Cl)cc2)c1C. The lowest BCUT2D eigenvalue weighted by Crippen LogP contribution is -2.41.